The van der Waals surface area contributed by atoms with E-state index in [-0.39, 0.29) is 12.4 Å². The quantitative estimate of drug-likeness (QED) is 0.803. The summed E-state index contributed by atoms with van der Waals surface area (Å²) in [5, 5.41) is 0. The fourth-order valence-electron chi connectivity index (χ4n) is 1.12. The average Bonchev–Trinajstić information content (AvgIpc) is 2.10. The summed E-state index contributed by atoms with van der Waals surface area (Å²) in [7, 11) is 0. The lowest BCUT2D eigenvalue weighted by Crippen LogP contribution is -2.02. The van der Waals surface area contributed by atoms with Crippen LogP contribution in [-0.2, 0) is 0 Å². The molecule has 0 saturated heterocycles. The molecule has 0 heterocycles. The number of rotatable bonds is 4. The Morgan fingerprint density at radius 1 is 1.33 bits per heavy atom. The van der Waals surface area contributed by atoms with Gasteiger partial charge in [0.2, 0.25) is 0 Å². The average molecular weight is 230 g/mol. The molecule has 0 bridgehead atoms. The van der Waals surface area contributed by atoms with E-state index in [9.17, 15) is 0 Å². The van der Waals surface area contributed by atoms with Crippen molar-refractivity contribution in [3.63, 3.8) is 0 Å². The van der Waals surface area contributed by atoms with Gasteiger partial charge in [0, 0.05) is 11.8 Å². The molecule has 0 aliphatic heterocycles. The highest BCUT2D eigenvalue weighted by molar-refractivity contribution is 5.85. The minimum absolute atomic E-state index is 0. The van der Waals surface area contributed by atoms with Crippen LogP contribution in [0.25, 0.3) is 0 Å². The van der Waals surface area contributed by atoms with Gasteiger partial charge in [0.15, 0.2) is 0 Å². The summed E-state index contributed by atoms with van der Waals surface area (Å²) in [4.78, 5) is 0. The Morgan fingerprint density at radius 3 is 2.53 bits per heavy atom. The fraction of sp³-hybridized carbons (Fsp3) is 0.500. The normalized spacial score (nSPS) is 9.87. The zero-order valence-electron chi connectivity index (χ0n) is 9.62. The molecular weight excluding hydrogens is 210 g/mol. The molecule has 1 aromatic carbocycles. The van der Waals surface area contributed by atoms with Crippen LogP contribution in [0.15, 0.2) is 18.2 Å². The first-order chi connectivity index (χ1) is 6.59. The van der Waals surface area contributed by atoms with Crippen molar-refractivity contribution in [3.05, 3.63) is 23.8 Å². The van der Waals surface area contributed by atoms with Gasteiger partial charge in [-0.05, 0) is 30.9 Å². The molecule has 2 nitrogen and oxygen atoms in total. The van der Waals surface area contributed by atoms with Crippen LogP contribution in [0.1, 0.15) is 25.8 Å². The number of hydrogen-bond donors (Lipinski definition) is 1. The van der Waals surface area contributed by atoms with Gasteiger partial charge >= 0.3 is 0 Å². The van der Waals surface area contributed by atoms with Gasteiger partial charge in [-0.25, -0.2) is 0 Å². The summed E-state index contributed by atoms with van der Waals surface area (Å²) >= 11 is 0. The van der Waals surface area contributed by atoms with Gasteiger partial charge in [-0.1, -0.05) is 19.9 Å². The molecule has 3 heteroatoms. The maximum atomic E-state index is 5.77. The predicted octanol–water partition coefficient (Wildman–Crippen LogP) is 3.42. The summed E-state index contributed by atoms with van der Waals surface area (Å²) in [5.74, 6) is 1.55. The third-order valence-corrected chi connectivity index (χ3v) is 2.21. The molecule has 0 fully saturated rings. The van der Waals surface area contributed by atoms with E-state index in [0.29, 0.717) is 5.92 Å². The van der Waals surface area contributed by atoms with Gasteiger partial charge < -0.3 is 10.5 Å². The summed E-state index contributed by atoms with van der Waals surface area (Å²) in [6, 6.07) is 5.84. The Labute approximate surface area is 98.2 Å². The first kappa shape index (κ1) is 14.1. The summed E-state index contributed by atoms with van der Waals surface area (Å²) in [6.07, 6.45) is 1.08. The Morgan fingerprint density at radius 2 is 2.00 bits per heavy atom. The zero-order valence-corrected chi connectivity index (χ0v) is 10.4. The lowest BCUT2D eigenvalue weighted by atomic mass is 10.1. The van der Waals surface area contributed by atoms with Gasteiger partial charge in [0.1, 0.15) is 5.75 Å². The Hall–Kier alpha value is -0.890. The highest BCUT2D eigenvalue weighted by Gasteiger charge is 1.98. The number of halogens is 1. The number of anilines is 1. The van der Waals surface area contributed by atoms with Crippen LogP contribution in [0, 0.1) is 12.8 Å². The lowest BCUT2D eigenvalue weighted by Gasteiger charge is -2.09. The Kier molecular flexibility index (Phi) is 6.18. The van der Waals surface area contributed by atoms with E-state index in [2.05, 4.69) is 13.8 Å². The lowest BCUT2D eigenvalue weighted by molar-refractivity contribution is 0.289. The second kappa shape index (κ2) is 6.57. The number of nitrogen functional groups attached to an aromatic ring is 1. The molecule has 0 saturated carbocycles. The van der Waals surface area contributed by atoms with Crippen molar-refractivity contribution in [2.75, 3.05) is 12.3 Å². The van der Waals surface area contributed by atoms with Crippen LogP contribution in [0.2, 0.25) is 0 Å². The van der Waals surface area contributed by atoms with E-state index in [1.54, 1.807) is 0 Å². The molecule has 0 aliphatic rings. The molecule has 0 aliphatic carbocycles. The molecule has 86 valence electrons. The summed E-state index contributed by atoms with van der Waals surface area (Å²) < 4.78 is 5.57. The Bertz CT molecular complexity index is 300. The van der Waals surface area contributed by atoms with Crippen molar-refractivity contribution in [1.29, 1.82) is 0 Å². The molecule has 0 aromatic heterocycles. The van der Waals surface area contributed by atoms with E-state index >= 15 is 0 Å². The van der Waals surface area contributed by atoms with Crippen LogP contribution in [-0.4, -0.2) is 6.61 Å². The van der Waals surface area contributed by atoms with Crippen molar-refractivity contribution in [3.8, 4) is 5.75 Å². The third kappa shape index (κ3) is 4.93. The molecule has 1 rings (SSSR count). The number of hydrogen-bond acceptors (Lipinski definition) is 2. The summed E-state index contributed by atoms with van der Waals surface area (Å²) in [5.41, 5.74) is 7.67. The first-order valence-corrected chi connectivity index (χ1v) is 5.08. The van der Waals surface area contributed by atoms with Crippen LogP contribution in [0.4, 0.5) is 5.69 Å². The van der Waals surface area contributed by atoms with E-state index < -0.39 is 0 Å². The van der Waals surface area contributed by atoms with Gasteiger partial charge in [-0.2, -0.15) is 0 Å². The van der Waals surface area contributed by atoms with Crippen molar-refractivity contribution < 1.29 is 4.74 Å². The largest absolute Gasteiger partial charge is 0.494 e. The maximum absolute atomic E-state index is 5.77. The molecule has 0 atom stereocenters. The minimum Gasteiger partial charge on any atom is -0.494 e. The van der Waals surface area contributed by atoms with Gasteiger partial charge in [-0.3, -0.25) is 0 Å². The number of nitrogens with two attached hydrogens (primary N) is 1. The van der Waals surface area contributed by atoms with Crippen LogP contribution >= 0.6 is 12.4 Å². The number of benzene rings is 1. The van der Waals surface area contributed by atoms with Crippen molar-refractivity contribution in [1.82, 2.24) is 0 Å². The number of ether oxygens (including phenoxy) is 1. The molecule has 15 heavy (non-hydrogen) atoms. The standard InChI is InChI=1S/C12H19NO.ClH/c1-9(2)6-7-14-11-5-4-10(3)12(13)8-11;/h4-5,8-9H,6-7,13H2,1-3H3;1H. The van der Waals surface area contributed by atoms with Crippen LogP contribution < -0.4 is 10.5 Å². The van der Waals surface area contributed by atoms with E-state index in [1.165, 1.54) is 0 Å². The molecule has 2 N–H and O–H groups in total. The maximum Gasteiger partial charge on any atom is 0.121 e. The monoisotopic (exact) mass is 229 g/mol. The molecule has 0 amide bonds. The second-order valence-corrected chi connectivity index (χ2v) is 4.05. The first-order valence-electron chi connectivity index (χ1n) is 5.08. The molecule has 0 radical (unpaired) electrons. The van der Waals surface area contributed by atoms with Crippen LogP contribution in [0.5, 0.6) is 5.75 Å². The highest BCUT2D eigenvalue weighted by Crippen LogP contribution is 2.19. The predicted molar refractivity (Wildman–Crippen MR) is 67.8 cm³/mol. The van der Waals surface area contributed by atoms with Crippen molar-refractivity contribution in [2.24, 2.45) is 5.92 Å². The Balaban J connectivity index is 0.00000196. The minimum atomic E-state index is 0. The molecular formula is C12H20ClNO. The highest BCUT2D eigenvalue weighted by atomic mass is 35.5. The molecule has 1 aromatic rings. The topological polar surface area (TPSA) is 35.2 Å². The zero-order chi connectivity index (χ0) is 10.6. The molecule has 0 spiro atoms. The van der Waals surface area contributed by atoms with E-state index in [4.69, 9.17) is 10.5 Å². The van der Waals surface area contributed by atoms with Gasteiger partial charge in [0.05, 0.1) is 6.61 Å². The van der Waals surface area contributed by atoms with E-state index in [0.717, 1.165) is 30.0 Å². The second-order valence-electron chi connectivity index (χ2n) is 4.05. The smallest absolute Gasteiger partial charge is 0.121 e. The van der Waals surface area contributed by atoms with E-state index in [1.807, 2.05) is 25.1 Å². The molecule has 0 unspecified atom stereocenters. The SMILES string of the molecule is Cc1ccc(OCCC(C)C)cc1N.Cl. The van der Waals surface area contributed by atoms with Crippen LogP contribution in [0.3, 0.4) is 0 Å². The fourth-order valence-corrected chi connectivity index (χ4v) is 1.12. The summed E-state index contributed by atoms with van der Waals surface area (Å²) in [6.45, 7) is 7.13. The van der Waals surface area contributed by atoms with Crippen molar-refractivity contribution >= 4 is 18.1 Å². The number of aryl methyl sites for hydroxylation is 1. The van der Waals surface area contributed by atoms with Gasteiger partial charge in [0.25, 0.3) is 0 Å². The van der Waals surface area contributed by atoms with Crippen molar-refractivity contribution in [2.45, 2.75) is 27.2 Å². The third-order valence-electron chi connectivity index (χ3n) is 2.21. The van der Waals surface area contributed by atoms with Gasteiger partial charge in [-0.15, -0.1) is 12.4 Å².